The molecule has 4 aliphatic carbocycles. The maximum Gasteiger partial charge on any atom is 0.0217 e. The molecule has 2 heteroatoms. The summed E-state index contributed by atoms with van der Waals surface area (Å²) in [7, 11) is 2.35. The summed E-state index contributed by atoms with van der Waals surface area (Å²) in [5.74, 6) is 3.08. The zero-order chi connectivity index (χ0) is 13.8. The summed E-state index contributed by atoms with van der Waals surface area (Å²) in [6.45, 7) is 7.87. The molecule has 0 aliphatic heterocycles. The molecule has 0 radical (unpaired) electrons. The standard InChI is InChI=1S/C17H32N2/c1-16(2,3)15(18)11-19(4)17-8-12-5-13(9-17)7-14(6-12)10-17/h12-15H,5-11,18H2,1-4H3. The van der Waals surface area contributed by atoms with Gasteiger partial charge in [0, 0.05) is 18.1 Å². The predicted octanol–water partition coefficient (Wildman–Crippen LogP) is 3.26. The molecule has 0 aromatic heterocycles. The van der Waals surface area contributed by atoms with Gasteiger partial charge in [-0.1, -0.05) is 20.8 Å². The van der Waals surface area contributed by atoms with Crippen LogP contribution in [0.15, 0.2) is 0 Å². The van der Waals surface area contributed by atoms with Crippen molar-refractivity contribution in [2.45, 2.75) is 70.9 Å². The zero-order valence-electron chi connectivity index (χ0n) is 13.3. The maximum absolute atomic E-state index is 6.43. The van der Waals surface area contributed by atoms with E-state index in [0.717, 1.165) is 24.3 Å². The summed E-state index contributed by atoms with van der Waals surface area (Å²) in [6, 6.07) is 0.283. The van der Waals surface area contributed by atoms with Crippen molar-refractivity contribution in [2.75, 3.05) is 13.6 Å². The fourth-order valence-electron chi connectivity index (χ4n) is 5.29. The summed E-state index contributed by atoms with van der Waals surface area (Å²) < 4.78 is 0. The quantitative estimate of drug-likeness (QED) is 0.848. The van der Waals surface area contributed by atoms with Crippen LogP contribution in [0, 0.1) is 23.2 Å². The summed E-state index contributed by atoms with van der Waals surface area (Å²) in [5, 5.41) is 0. The van der Waals surface area contributed by atoms with Crippen LogP contribution in [0.2, 0.25) is 0 Å². The third-order valence-electron chi connectivity index (χ3n) is 6.40. The molecule has 2 N–H and O–H groups in total. The minimum atomic E-state index is 0.219. The molecule has 0 heterocycles. The van der Waals surface area contributed by atoms with Crippen LogP contribution < -0.4 is 5.73 Å². The van der Waals surface area contributed by atoms with Crippen molar-refractivity contribution < 1.29 is 0 Å². The van der Waals surface area contributed by atoms with E-state index in [1.807, 2.05) is 0 Å². The first kappa shape index (κ1) is 13.9. The maximum atomic E-state index is 6.43. The topological polar surface area (TPSA) is 29.3 Å². The molecule has 110 valence electrons. The zero-order valence-corrected chi connectivity index (χ0v) is 13.3. The van der Waals surface area contributed by atoms with Crippen LogP contribution in [0.3, 0.4) is 0 Å². The number of likely N-dealkylation sites (N-methyl/N-ethyl adjacent to an activating group) is 1. The molecule has 2 nitrogen and oxygen atoms in total. The second-order valence-corrected chi connectivity index (χ2v) is 8.99. The van der Waals surface area contributed by atoms with Crippen LogP contribution in [0.5, 0.6) is 0 Å². The molecule has 4 aliphatic rings. The normalized spacial score (nSPS) is 42.9. The number of nitrogens with two attached hydrogens (primary N) is 1. The number of rotatable bonds is 3. The second kappa shape index (κ2) is 4.46. The van der Waals surface area contributed by atoms with Crippen LogP contribution >= 0.6 is 0 Å². The average molecular weight is 264 g/mol. The Hall–Kier alpha value is -0.0800. The molecule has 0 amide bonds. The molecule has 1 atom stereocenters. The van der Waals surface area contributed by atoms with Crippen molar-refractivity contribution in [2.24, 2.45) is 28.9 Å². The Kier molecular flexibility index (Phi) is 3.26. The Morgan fingerprint density at radius 1 is 1.05 bits per heavy atom. The molecule has 4 rings (SSSR count). The van der Waals surface area contributed by atoms with Gasteiger partial charge in [0.15, 0.2) is 0 Å². The van der Waals surface area contributed by atoms with Crippen LogP contribution in [-0.4, -0.2) is 30.1 Å². The molecule has 19 heavy (non-hydrogen) atoms. The first-order valence-corrected chi connectivity index (χ1v) is 8.25. The predicted molar refractivity (Wildman–Crippen MR) is 81.0 cm³/mol. The van der Waals surface area contributed by atoms with E-state index in [1.165, 1.54) is 38.5 Å². The molecule has 0 aromatic carbocycles. The van der Waals surface area contributed by atoms with Crippen LogP contribution in [0.4, 0.5) is 0 Å². The fraction of sp³-hybridized carbons (Fsp3) is 1.00. The Bertz CT molecular complexity index is 306. The van der Waals surface area contributed by atoms with Gasteiger partial charge in [-0.2, -0.15) is 0 Å². The van der Waals surface area contributed by atoms with Gasteiger partial charge in [-0.05, 0) is 68.7 Å². The highest BCUT2D eigenvalue weighted by Gasteiger charge is 2.52. The smallest absolute Gasteiger partial charge is 0.0217 e. The van der Waals surface area contributed by atoms with Gasteiger partial charge in [0.1, 0.15) is 0 Å². The summed E-state index contributed by atoms with van der Waals surface area (Å²) in [6.07, 6.45) is 8.93. The Balaban J connectivity index is 1.71. The molecule has 1 unspecified atom stereocenters. The fourth-order valence-corrected chi connectivity index (χ4v) is 5.29. The third-order valence-corrected chi connectivity index (χ3v) is 6.40. The van der Waals surface area contributed by atoms with E-state index in [1.54, 1.807) is 0 Å². The van der Waals surface area contributed by atoms with Crippen molar-refractivity contribution in [1.82, 2.24) is 4.90 Å². The highest BCUT2D eigenvalue weighted by Crippen LogP contribution is 2.57. The van der Waals surface area contributed by atoms with Gasteiger partial charge in [0.2, 0.25) is 0 Å². The van der Waals surface area contributed by atoms with E-state index in [2.05, 4.69) is 32.7 Å². The molecular weight excluding hydrogens is 232 g/mol. The van der Waals surface area contributed by atoms with Crippen LogP contribution in [-0.2, 0) is 0 Å². The lowest BCUT2D eigenvalue weighted by Crippen LogP contribution is -2.61. The molecule has 4 bridgehead atoms. The van der Waals surface area contributed by atoms with Crippen molar-refractivity contribution in [3.63, 3.8) is 0 Å². The average Bonchev–Trinajstić information content (AvgIpc) is 2.25. The Morgan fingerprint density at radius 2 is 1.47 bits per heavy atom. The van der Waals surface area contributed by atoms with Crippen molar-refractivity contribution in [1.29, 1.82) is 0 Å². The van der Waals surface area contributed by atoms with Gasteiger partial charge < -0.3 is 5.73 Å². The van der Waals surface area contributed by atoms with Gasteiger partial charge in [-0.15, -0.1) is 0 Å². The molecule has 0 aromatic rings. The van der Waals surface area contributed by atoms with E-state index in [9.17, 15) is 0 Å². The third kappa shape index (κ3) is 2.47. The molecule has 4 fully saturated rings. The van der Waals surface area contributed by atoms with Gasteiger partial charge in [0.25, 0.3) is 0 Å². The van der Waals surface area contributed by atoms with E-state index in [4.69, 9.17) is 5.73 Å². The van der Waals surface area contributed by atoms with E-state index in [-0.39, 0.29) is 11.5 Å². The van der Waals surface area contributed by atoms with Gasteiger partial charge in [-0.25, -0.2) is 0 Å². The van der Waals surface area contributed by atoms with Crippen molar-refractivity contribution in [3.8, 4) is 0 Å². The summed E-state index contributed by atoms with van der Waals surface area (Å²) in [4.78, 5) is 2.66. The first-order valence-electron chi connectivity index (χ1n) is 8.25. The molecule has 0 saturated heterocycles. The molecule has 0 spiro atoms. The SMILES string of the molecule is CN(CC(N)C(C)(C)C)C12CC3CC(CC(C3)C1)C2. The van der Waals surface area contributed by atoms with Crippen LogP contribution in [0.1, 0.15) is 59.3 Å². The molecule has 4 saturated carbocycles. The highest BCUT2D eigenvalue weighted by molar-refractivity contribution is 5.07. The first-order chi connectivity index (χ1) is 8.78. The monoisotopic (exact) mass is 264 g/mol. The highest BCUT2D eigenvalue weighted by atomic mass is 15.2. The van der Waals surface area contributed by atoms with Crippen molar-refractivity contribution >= 4 is 0 Å². The lowest BCUT2D eigenvalue weighted by Gasteiger charge is -2.60. The van der Waals surface area contributed by atoms with Crippen molar-refractivity contribution in [3.05, 3.63) is 0 Å². The summed E-state index contributed by atoms with van der Waals surface area (Å²) in [5.41, 5.74) is 7.16. The lowest BCUT2D eigenvalue weighted by molar-refractivity contribution is -0.0829. The lowest BCUT2D eigenvalue weighted by atomic mass is 9.52. The van der Waals surface area contributed by atoms with E-state index >= 15 is 0 Å². The van der Waals surface area contributed by atoms with E-state index in [0.29, 0.717) is 5.54 Å². The Labute approximate surface area is 119 Å². The minimum absolute atomic E-state index is 0.219. The minimum Gasteiger partial charge on any atom is -0.326 e. The number of nitrogens with zero attached hydrogens (tertiary/aromatic N) is 1. The van der Waals surface area contributed by atoms with Gasteiger partial charge in [-0.3, -0.25) is 4.90 Å². The van der Waals surface area contributed by atoms with Gasteiger partial charge >= 0.3 is 0 Å². The molecular formula is C17H32N2. The van der Waals surface area contributed by atoms with Crippen LogP contribution in [0.25, 0.3) is 0 Å². The van der Waals surface area contributed by atoms with E-state index < -0.39 is 0 Å². The number of hydrogen-bond donors (Lipinski definition) is 1. The largest absolute Gasteiger partial charge is 0.326 e. The number of hydrogen-bond acceptors (Lipinski definition) is 2. The summed E-state index contributed by atoms with van der Waals surface area (Å²) >= 11 is 0. The van der Waals surface area contributed by atoms with Gasteiger partial charge in [0.05, 0.1) is 0 Å². The Morgan fingerprint density at radius 3 is 1.84 bits per heavy atom. The second-order valence-electron chi connectivity index (χ2n) is 8.99.